The lowest BCUT2D eigenvalue weighted by Gasteiger charge is -2.27. The van der Waals surface area contributed by atoms with Gasteiger partial charge in [0.15, 0.2) is 0 Å². The molecule has 0 saturated carbocycles. The van der Waals surface area contributed by atoms with Crippen molar-refractivity contribution in [2.24, 2.45) is 0 Å². The molecule has 0 spiro atoms. The van der Waals surface area contributed by atoms with Crippen molar-refractivity contribution in [3.63, 3.8) is 0 Å². The van der Waals surface area contributed by atoms with Gasteiger partial charge >= 0.3 is 0 Å². The van der Waals surface area contributed by atoms with Gasteiger partial charge in [0.1, 0.15) is 11.6 Å². The molecule has 6 nitrogen and oxygen atoms in total. The maximum Gasteiger partial charge on any atom is 0.148 e. The van der Waals surface area contributed by atoms with E-state index >= 15 is 0 Å². The zero-order chi connectivity index (χ0) is 13.9. The highest BCUT2D eigenvalue weighted by Crippen LogP contribution is 2.32. The van der Waals surface area contributed by atoms with E-state index in [9.17, 15) is 5.11 Å². The Bertz CT molecular complexity index is 590. The fraction of sp³-hybridized carbons (Fsp3) is 0.429. The number of aromatic amines is 1. The molecule has 0 radical (unpaired) electrons. The average molecular weight is 384 g/mol. The second-order valence-electron chi connectivity index (χ2n) is 4.92. The summed E-state index contributed by atoms with van der Waals surface area (Å²) in [6.07, 6.45) is 5.26. The number of aryl methyl sites for hydroxylation is 1. The summed E-state index contributed by atoms with van der Waals surface area (Å²) in [5.41, 5.74) is 2.33. The maximum absolute atomic E-state index is 10.3. The lowest BCUT2D eigenvalue weighted by molar-refractivity contribution is 0.0342. The molecule has 2 N–H and O–H groups in total. The molecule has 0 aliphatic carbocycles. The number of nitrogens with zero attached hydrogens (tertiary/aromatic N) is 3. The van der Waals surface area contributed by atoms with Crippen LogP contribution in [0.4, 0.5) is 0 Å². The SMILES string of the molecule is Cc1ncc(CN2CCOCC2)c(-c2ncc[nH]2)c1O.Cl.Cl.Cl. The highest BCUT2D eigenvalue weighted by Gasteiger charge is 2.19. The number of imidazole rings is 1. The van der Waals surface area contributed by atoms with Gasteiger partial charge in [-0.1, -0.05) is 0 Å². The van der Waals surface area contributed by atoms with Crippen LogP contribution < -0.4 is 0 Å². The number of nitrogens with one attached hydrogen (secondary N) is 1. The topological polar surface area (TPSA) is 74.3 Å². The Morgan fingerprint density at radius 1 is 1.22 bits per heavy atom. The summed E-state index contributed by atoms with van der Waals surface area (Å²) in [6.45, 7) is 5.82. The van der Waals surface area contributed by atoms with E-state index in [0.717, 1.165) is 44.0 Å². The number of halogens is 3. The molecule has 23 heavy (non-hydrogen) atoms. The van der Waals surface area contributed by atoms with Crippen LogP contribution >= 0.6 is 37.2 Å². The molecule has 1 aliphatic heterocycles. The first kappa shape index (κ1) is 21.9. The monoisotopic (exact) mass is 382 g/mol. The van der Waals surface area contributed by atoms with Crippen molar-refractivity contribution in [1.29, 1.82) is 0 Å². The molecule has 3 rings (SSSR count). The van der Waals surface area contributed by atoms with E-state index in [-0.39, 0.29) is 43.0 Å². The van der Waals surface area contributed by atoms with E-state index in [1.165, 1.54) is 0 Å². The second-order valence-corrected chi connectivity index (χ2v) is 4.92. The predicted molar refractivity (Wildman–Crippen MR) is 96.1 cm³/mol. The molecule has 1 aliphatic rings. The Morgan fingerprint density at radius 3 is 2.52 bits per heavy atom. The fourth-order valence-electron chi connectivity index (χ4n) is 2.42. The van der Waals surface area contributed by atoms with E-state index in [4.69, 9.17) is 4.74 Å². The second kappa shape index (κ2) is 9.95. The van der Waals surface area contributed by atoms with Gasteiger partial charge in [-0.3, -0.25) is 9.88 Å². The molecule has 9 heteroatoms. The Balaban J connectivity index is 0.00000161. The highest BCUT2D eigenvalue weighted by molar-refractivity contribution is 5.86. The summed E-state index contributed by atoms with van der Waals surface area (Å²) in [5, 5.41) is 10.3. The molecule has 1 fully saturated rings. The lowest BCUT2D eigenvalue weighted by Crippen LogP contribution is -2.35. The van der Waals surface area contributed by atoms with Crippen molar-refractivity contribution in [2.75, 3.05) is 26.3 Å². The van der Waals surface area contributed by atoms with Crippen molar-refractivity contribution in [1.82, 2.24) is 19.9 Å². The first-order valence-corrected chi connectivity index (χ1v) is 6.73. The van der Waals surface area contributed by atoms with E-state index in [0.29, 0.717) is 11.5 Å². The summed E-state index contributed by atoms with van der Waals surface area (Å²) in [6, 6.07) is 0. The Kier molecular flexibility index (Phi) is 9.49. The van der Waals surface area contributed by atoms with Crippen LogP contribution in [0.15, 0.2) is 18.6 Å². The molecule has 3 heterocycles. The van der Waals surface area contributed by atoms with Crippen molar-refractivity contribution < 1.29 is 9.84 Å². The zero-order valence-electron chi connectivity index (χ0n) is 12.7. The van der Waals surface area contributed by atoms with Crippen LogP contribution in [-0.2, 0) is 11.3 Å². The minimum absolute atomic E-state index is 0. The molecule has 0 atom stereocenters. The summed E-state index contributed by atoms with van der Waals surface area (Å²) in [5.74, 6) is 0.877. The molecule has 1 saturated heterocycles. The molecule has 0 aromatic carbocycles. The van der Waals surface area contributed by atoms with E-state index in [2.05, 4.69) is 19.9 Å². The Labute approximate surface area is 153 Å². The van der Waals surface area contributed by atoms with Gasteiger partial charge in [0.05, 0.1) is 24.5 Å². The highest BCUT2D eigenvalue weighted by atomic mass is 35.5. The van der Waals surface area contributed by atoms with Gasteiger partial charge in [-0.25, -0.2) is 4.98 Å². The van der Waals surface area contributed by atoms with E-state index in [1.54, 1.807) is 19.3 Å². The standard InChI is InChI=1S/C14H18N4O2.3ClH/c1-10-13(19)12(14-15-2-3-16-14)11(8-17-10)9-18-4-6-20-7-5-18;;;/h2-3,8,19H,4-7,9H2,1H3,(H,15,16);3*1H. The number of pyridine rings is 1. The number of hydrogen-bond acceptors (Lipinski definition) is 5. The molecule has 0 bridgehead atoms. The van der Waals surface area contributed by atoms with Crippen molar-refractivity contribution >= 4 is 37.2 Å². The third-order valence-electron chi connectivity index (χ3n) is 3.55. The largest absolute Gasteiger partial charge is 0.505 e. The van der Waals surface area contributed by atoms with Crippen LogP contribution in [0.3, 0.4) is 0 Å². The molecule has 130 valence electrons. The average Bonchev–Trinajstić information content (AvgIpc) is 2.98. The van der Waals surface area contributed by atoms with Crippen LogP contribution in [0.2, 0.25) is 0 Å². The van der Waals surface area contributed by atoms with Gasteiger partial charge in [-0.05, 0) is 12.5 Å². The van der Waals surface area contributed by atoms with Gasteiger partial charge in [-0.2, -0.15) is 0 Å². The first-order valence-electron chi connectivity index (χ1n) is 6.73. The van der Waals surface area contributed by atoms with Crippen LogP contribution in [0, 0.1) is 6.92 Å². The van der Waals surface area contributed by atoms with Gasteiger partial charge in [-0.15, -0.1) is 37.2 Å². The van der Waals surface area contributed by atoms with Crippen molar-refractivity contribution in [3.8, 4) is 17.1 Å². The minimum Gasteiger partial charge on any atom is -0.505 e. The molecular formula is C14H21Cl3N4O2. The molecule has 0 unspecified atom stereocenters. The molecule has 2 aromatic heterocycles. The van der Waals surface area contributed by atoms with Gasteiger partial charge < -0.3 is 14.8 Å². The minimum atomic E-state index is 0. The number of aromatic nitrogens is 3. The quantitative estimate of drug-likeness (QED) is 0.852. The number of hydrogen-bond donors (Lipinski definition) is 2. The predicted octanol–water partition coefficient (Wildman–Crippen LogP) is 2.58. The third kappa shape index (κ3) is 4.96. The number of ether oxygens (including phenoxy) is 1. The Morgan fingerprint density at radius 2 is 1.91 bits per heavy atom. The fourth-order valence-corrected chi connectivity index (χ4v) is 2.42. The smallest absolute Gasteiger partial charge is 0.148 e. The third-order valence-corrected chi connectivity index (χ3v) is 3.55. The maximum atomic E-state index is 10.3. The first-order chi connectivity index (χ1) is 9.75. The molecular weight excluding hydrogens is 363 g/mol. The van der Waals surface area contributed by atoms with Crippen LogP contribution in [0.25, 0.3) is 11.4 Å². The summed E-state index contributed by atoms with van der Waals surface area (Å²) in [7, 11) is 0. The molecule has 2 aromatic rings. The number of aromatic hydroxyl groups is 1. The van der Waals surface area contributed by atoms with Gasteiger partial charge in [0, 0.05) is 38.2 Å². The summed E-state index contributed by atoms with van der Waals surface area (Å²) < 4.78 is 5.36. The molecule has 0 amide bonds. The number of morpholine rings is 1. The van der Waals surface area contributed by atoms with Crippen molar-refractivity contribution in [3.05, 3.63) is 29.8 Å². The number of H-pyrrole nitrogens is 1. The van der Waals surface area contributed by atoms with E-state index < -0.39 is 0 Å². The van der Waals surface area contributed by atoms with Crippen LogP contribution in [0.5, 0.6) is 5.75 Å². The van der Waals surface area contributed by atoms with Gasteiger partial charge in [0.25, 0.3) is 0 Å². The normalized spacial score (nSPS) is 14.3. The zero-order valence-corrected chi connectivity index (χ0v) is 15.1. The summed E-state index contributed by atoms with van der Waals surface area (Å²) >= 11 is 0. The number of rotatable bonds is 3. The van der Waals surface area contributed by atoms with E-state index in [1.807, 2.05) is 6.20 Å². The Hall–Kier alpha value is -1.05. The van der Waals surface area contributed by atoms with Crippen molar-refractivity contribution in [2.45, 2.75) is 13.5 Å². The van der Waals surface area contributed by atoms with Crippen LogP contribution in [-0.4, -0.2) is 51.3 Å². The van der Waals surface area contributed by atoms with Crippen LogP contribution in [0.1, 0.15) is 11.3 Å². The lowest BCUT2D eigenvalue weighted by atomic mass is 10.1. The summed E-state index contributed by atoms with van der Waals surface area (Å²) in [4.78, 5) is 13.9. The van der Waals surface area contributed by atoms with Gasteiger partial charge in [0.2, 0.25) is 0 Å².